The third kappa shape index (κ3) is 4.35. The van der Waals surface area contributed by atoms with Gasteiger partial charge in [-0.1, -0.05) is 24.3 Å². The Morgan fingerprint density at radius 2 is 1.89 bits per heavy atom. The lowest BCUT2D eigenvalue weighted by Gasteiger charge is -2.25. The Labute approximate surface area is 165 Å². The van der Waals surface area contributed by atoms with Crippen LogP contribution in [-0.4, -0.2) is 32.0 Å². The van der Waals surface area contributed by atoms with Gasteiger partial charge in [0.15, 0.2) is 0 Å². The largest absolute Gasteiger partial charge is 0.339 e. The quantitative estimate of drug-likeness (QED) is 0.662. The number of amides is 1. The second-order valence-corrected chi connectivity index (χ2v) is 7.64. The Morgan fingerprint density at radius 3 is 2.57 bits per heavy atom. The van der Waals surface area contributed by atoms with Crippen LogP contribution in [0.4, 0.5) is 0 Å². The van der Waals surface area contributed by atoms with E-state index in [0.29, 0.717) is 28.0 Å². The van der Waals surface area contributed by atoms with E-state index in [4.69, 9.17) is 5.14 Å². The van der Waals surface area contributed by atoms with Crippen molar-refractivity contribution in [2.45, 2.75) is 30.7 Å². The van der Waals surface area contributed by atoms with Gasteiger partial charge >= 0.3 is 0 Å². The minimum Gasteiger partial charge on any atom is -0.339 e. The molecule has 0 spiro atoms. The van der Waals surface area contributed by atoms with Gasteiger partial charge in [-0.2, -0.15) is 0 Å². The van der Waals surface area contributed by atoms with Gasteiger partial charge in [-0.15, -0.1) is 0 Å². The minimum atomic E-state index is -1.52. The maximum absolute atomic E-state index is 12.6. The van der Waals surface area contributed by atoms with Crippen molar-refractivity contribution in [2.75, 3.05) is 7.05 Å². The summed E-state index contributed by atoms with van der Waals surface area (Å²) in [6, 6.07) is 14.0. The molecular weight excluding hydrogens is 376 g/mol. The molecule has 0 radical (unpaired) electrons. The number of para-hydroxylation sites is 1. The van der Waals surface area contributed by atoms with Crippen LogP contribution in [-0.2, 0) is 22.2 Å². The predicted molar refractivity (Wildman–Crippen MR) is 109 cm³/mol. The molecule has 1 heterocycles. The number of nitrogens with one attached hydrogen (secondary N) is 1. The third-order valence-electron chi connectivity index (χ3n) is 4.81. The number of aromatic amines is 1. The zero-order valence-corrected chi connectivity index (χ0v) is 16.5. The summed E-state index contributed by atoms with van der Waals surface area (Å²) in [5.41, 5.74) is 1.34. The summed E-state index contributed by atoms with van der Waals surface area (Å²) in [7, 11) is 0.212. The molecular formula is C20H22N4O3S. The van der Waals surface area contributed by atoms with Crippen molar-refractivity contribution in [1.82, 2.24) is 14.9 Å². The zero-order valence-electron chi connectivity index (χ0n) is 15.7. The minimum absolute atomic E-state index is 0.0604. The van der Waals surface area contributed by atoms with E-state index < -0.39 is 11.0 Å². The van der Waals surface area contributed by atoms with Crippen molar-refractivity contribution in [3.63, 3.8) is 0 Å². The molecule has 3 N–H and O–H groups in total. The molecule has 0 aliphatic carbocycles. The SMILES string of the molecule is CC(c1ccc(S(N)=O)cc1)N(C)C(=O)CCc1nc2ccccc2c(=O)[nH]1. The van der Waals surface area contributed by atoms with Gasteiger partial charge in [0.05, 0.1) is 21.8 Å². The number of aromatic nitrogens is 2. The van der Waals surface area contributed by atoms with Crippen LogP contribution < -0.4 is 10.7 Å². The van der Waals surface area contributed by atoms with Crippen molar-refractivity contribution in [3.8, 4) is 0 Å². The second kappa shape index (κ2) is 8.45. The fourth-order valence-corrected chi connectivity index (χ4v) is 3.38. The van der Waals surface area contributed by atoms with Crippen LogP contribution in [0.15, 0.2) is 58.2 Å². The van der Waals surface area contributed by atoms with Gasteiger partial charge in [-0.25, -0.2) is 14.3 Å². The normalized spacial score (nSPS) is 13.2. The molecule has 28 heavy (non-hydrogen) atoms. The van der Waals surface area contributed by atoms with Crippen LogP contribution >= 0.6 is 0 Å². The molecule has 3 rings (SSSR count). The molecule has 0 saturated carbocycles. The number of fused-ring (bicyclic) bond motifs is 1. The molecule has 0 saturated heterocycles. The van der Waals surface area contributed by atoms with E-state index in [1.54, 1.807) is 42.3 Å². The van der Waals surface area contributed by atoms with E-state index in [9.17, 15) is 13.8 Å². The van der Waals surface area contributed by atoms with Crippen LogP contribution in [0.5, 0.6) is 0 Å². The Kier molecular flexibility index (Phi) is 6.01. The van der Waals surface area contributed by atoms with E-state index in [1.165, 1.54) is 0 Å². The molecule has 0 fully saturated rings. The summed E-state index contributed by atoms with van der Waals surface area (Å²) < 4.78 is 11.3. The molecule has 146 valence electrons. The lowest BCUT2D eigenvalue weighted by Crippen LogP contribution is -2.30. The monoisotopic (exact) mass is 398 g/mol. The Bertz CT molecular complexity index is 1080. The highest BCUT2D eigenvalue weighted by atomic mass is 32.2. The lowest BCUT2D eigenvalue weighted by molar-refractivity contribution is -0.131. The molecule has 0 aliphatic rings. The average molecular weight is 398 g/mol. The molecule has 2 unspecified atom stereocenters. The van der Waals surface area contributed by atoms with Crippen LogP contribution in [0.2, 0.25) is 0 Å². The van der Waals surface area contributed by atoms with E-state index in [0.717, 1.165) is 5.56 Å². The fourth-order valence-electron chi connectivity index (χ4n) is 2.98. The van der Waals surface area contributed by atoms with Gasteiger partial charge in [-0.05, 0) is 36.8 Å². The zero-order chi connectivity index (χ0) is 20.3. The molecule has 7 nitrogen and oxygen atoms in total. The number of rotatable bonds is 6. The Balaban J connectivity index is 1.67. The van der Waals surface area contributed by atoms with Gasteiger partial charge in [0.1, 0.15) is 16.8 Å². The first kappa shape index (κ1) is 19.9. The molecule has 2 atom stereocenters. The number of hydrogen-bond acceptors (Lipinski definition) is 4. The summed E-state index contributed by atoms with van der Waals surface area (Å²) in [5.74, 6) is 0.433. The molecule has 1 aromatic heterocycles. The maximum Gasteiger partial charge on any atom is 0.258 e. The van der Waals surface area contributed by atoms with Crippen molar-refractivity contribution >= 4 is 27.8 Å². The van der Waals surface area contributed by atoms with Crippen molar-refractivity contribution in [1.29, 1.82) is 0 Å². The average Bonchev–Trinajstić information content (AvgIpc) is 2.71. The number of nitrogens with zero attached hydrogens (tertiary/aromatic N) is 2. The molecule has 0 bridgehead atoms. The summed E-state index contributed by atoms with van der Waals surface area (Å²) in [6.45, 7) is 1.92. The van der Waals surface area contributed by atoms with Gasteiger partial charge in [0.25, 0.3) is 5.56 Å². The molecule has 1 amide bonds. The first-order valence-corrected chi connectivity index (χ1v) is 10.1. The lowest BCUT2D eigenvalue weighted by atomic mass is 10.1. The number of carbonyl (C=O) groups excluding carboxylic acids is 1. The van der Waals surface area contributed by atoms with E-state index >= 15 is 0 Å². The highest BCUT2D eigenvalue weighted by Gasteiger charge is 2.18. The van der Waals surface area contributed by atoms with E-state index in [1.807, 2.05) is 25.1 Å². The predicted octanol–water partition coefficient (Wildman–Crippen LogP) is 2.06. The van der Waals surface area contributed by atoms with Gasteiger partial charge in [0.2, 0.25) is 5.91 Å². The van der Waals surface area contributed by atoms with Crippen LogP contribution in [0.25, 0.3) is 10.9 Å². The number of carbonyl (C=O) groups is 1. The first-order chi connectivity index (χ1) is 13.4. The summed E-state index contributed by atoms with van der Waals surface area (Å²) >= 11 is 0. The number of aryl methyl sites for hydroxylation is 1. The number of H-pyrrole nitrogens is 1. The highest BCUT2D eigenvalue weighted by Crippen LogP contribution is 2.21. The topological polar surface area (TPSA) is 109 Å². The molecule has 2 aromatic carbocycles. The van der Waals surface area contributed by atoms with Crippen molar-refractivity contribution < 1.29 is 9.00 Å². The van der Waals surface area contributed by atoms with E-state index in [-0.39, 0.29) is 23.9 Å². The van der Waals surface area contributed by atoms with Gasteiger partial charge < -0.3 is 9.88 Å². The molecule has 3 aromatic rings. The first-order valence-electron chi connectivity index (χ1n) is 8.86. The van der Waals surface area contributed by atoms with Crippen LogP contribution in [0.3, 0.4) is 0 Å². The molecule has 0 aliphatic heterocycles. The number of hydrogen-bond donors (Lipinski definition) is 2. The summed E-state index contributed by atoms with van der Waals surface area (Å²) in [4.78, 5) is 34.1. The summed E-state index contributed by atoms with van der Waals surface area (Å²) in [5, 5.41) is 5.90. The number of nitrogens with two attached hydrogens (primary N) is 1. The highest BCUT2D eigenvalue weighted by molar-refractivity contribution is 7.82. The van der Waals surface area contributed by atoms with Gasteiger partial charge in [0, 0.05) is 19.9 Å². The fraction of sp³-hybridized carbons (Fsp3) is 0.250. The Hall–Kier alpha value is -2.84. The smallest absolute Gasteiger partial charge is 0.258 e. The summed E-state index contributed by atoms with van der Waals surface area (Å²) in [6.07, 6.45) is 0.577. The molecule has 8 heteroatoms. The standard InChI is InChI=1S/C20H22N4O3S/c1-13(14-7-9-15(10-8-14)28(21)27)24(2)19(25)12-11-18-22-17-6-4-3-5-16(17)20(26)23-18/h3-10,13H,11-12,21H2,1-2H3,(H,22,23,26). The second-order valence-electron chi connectivity index (χ2n) is 6.58. The number of benzene rings is 2. The van der Waals surface area contributed by atoms with Crippen molar-refractivity contribution in [2.24, 2.45) is 5.14 Å². The van der Waals surface area contributed by atoms with E-state index in [2.05, 4.69) is 9.97 Å². The van der Waals surface area contributed by atoms with Crippen molar-refractivity contribution in [3.05, 3.63) is 70.3 Å². The van der Waals surface area contributed by atoms with Crippen LogP contribution in [0, 0.1) is 0 Å². The van der Waals surface area contributed by atoms with Crippen LogP contribution in [0.1, 0.15) is 30.8 Å². The van der Waals surface area contributed by atoms with Gasteiger partial charge in [-0.3, -0.25) is 9.59 Å². The third-order valence-corrected chi connectivity index (χ3v) is 5.54. The maximum atomic E-state index is 12.6. The Morgan fingerprint density at radius 1 is 1.21 bits per heavy atom.